The third-order valence-electron chi connectivity index (χ3n) is 16.5. The number of unbranched alkanes of at least 4 members (excludes halogenated alkanes) is 48. The fraction of sp³-hybridized carbons (Fsp3) is 0.926. The number of rotatable bonds is 60. The number of allylic oxidation sites excluding steroid dienone is 3. The minimum Gasteiger partial charge on any atom is -0.394 e. The molecule has 0 aromatic carbocycles. The first-order valence-corrected chi connectivity index (χ1v) is 34.1. The normalized spacial score (nSPS) is 18.8. The molecule has 0 aromatic rings. The third kappa shape index (κ3) is 46.9. The molecule has 7 unspecified atom stereocenters. The van der Waals surface area contributed by atoms with Crippen LogP contribution in [-0.2, 0) is 14.3 Å². The number of hydrogen-bond donors (Lipinski definition) is 6. The maximum Gasteiger partial charge on any atom is 0.220 e. The first-order chi connectivity index (χ1) is 37.8. The van der Waals surface area contributed by atoms with Gasteiger partial charge in [-0.2, -0.15) is 0 Å². The van der Waals surface area contributed by atoms with Crippen molar-refractivity contribution in [3.63, 3.8) is 0 Å². The van der Waals surface area contributed by atoms with Crippen LogP contribution in [0.25, 0.3) is 0 Å². The lowest BCUT2D eigenvalue weighted by molar-refractivity contribution is -0.302. The second-order valence-electron chi connectivity index (χ2n) is 24.0. The highest BCUT2D eigenvalue weighted by Gasteiger charge is 2.44. The maximum atomic E-state index is 13.1. The van der Waals surface area contributed by atoms with Gasteiger partial charge in [0.05, 0.1) is 25.4 Å². The minimum absolute atomic E-state index is 0.178. The molecule has 1 fully saturated rings. The number of amides is 1. The quantitative estimate of drug-likeness (QED) is 0.0261. The molecule has 1 saturated heterocycles. The first kappa shape index (κ1) is 73.7. The molecule has 0 spiro atoms. The standard InChI is InChI=1S/C68H131NO8/c1-3-5-7-9-11-13-15-17-19-21-23-25-27-29-30-31-32-33-34-36-38-40-42-44-46-48-50-52-54-56-58-64(72)69-61(60-76-68-67(75)66(74)65(73)63(59-70)77-68)62(71)57-55-53-51-49-47-45-43-41-39-37-35-28-26-24-22-20-18-16-14-12-10-8-6-4-2/h47,49,55,57,61-63,65-68,70-71,73-75H,3-46,48,50-54,56,58-60H2,1-2H3,(H,69,72)/b49-47+,57-55+. The van der Waals surface area contributed by atoms with Gasteiger partial charge in [-0.1, -0.05) is 334 Å². The molecule has 0 radical (unpaired) electrons. The highest BCUT2D eigenvalue weighted by atomic mass is 16.7. The average molecular weight is 1090 g/mol. The zero-order valence-electron chi connectivity index (χ0n) is 51.0. The third-order valence-corrected chi connectivity index (χ3v) is 16.5. The Morgan fingerprint density at radius 2 is 0.740 bits per heavy atom. The number of nitrogens with one attached hydrogen (secondary N) is 1. The van der Waals surface area contributed by atoms with Gasteiger partial charge in [0, 0.05) is 6.42 Å². The van der Waals surface area contributed by atoms with Crippen LogP contribution in [0.5, 0.6) is 0 Å². The Labute approximate surface area is 477 Å². The Hall–Kier alpha value is -1.33. The van der Waals surface area contributed by atoms with Crippen molar-refractivity contribution in [3.05, 3.63) is 24.3 Å². The van der Waals surface area contributed by atoms with E-state index in [0.29, 0.717) is 6.42 Å². The van der Waals surface area contributed by atoms with Gasteiger partial charge in [-0.3, -0.25) is 4.79 Å². The number of carbonyl (C=O) groups is 1. The lowest BCUT2D eigenvalue weighted by Crippen LogP contribution is -2.60. The zero-order valence-corrected chi connectivity index (χ0v) is 51.0. The summed E-state index contributed by atoms with van der Waals surface area (Å²) < 4.78 is 11.3. The summed E-state index contributed by atoms with van der Waals surface area (Å²) in [5, 5.41) is 54.7. The van der Waals surface area contributed by atoms with Gasteiger partial charge in [-0.05, 0) is 32.1 Å². The Kier molecular flexibility index (Phi) is 55.4. The van der Waals surface area contributed by atoms with Crippen molar-refractivity contribution in [1.29, 1.82) is 0 Å². The van der Waals surface area contributed by atoms with Crippen LogP contribution in [0.4, 0.5) is 0 Å². The van der Waals surface area contributed by atoms with Gasteiger partial charge in [0.2, 0.25) is 5.91 Å². The molecule has 0 saturated carbocycles. The van der Waals surface area contributed by atoms with Crippen molar-refractivity contribution in [3.8, 4) is 0 Å². The van der Waals surface area contributed by atoms with Crippen molar-refractivity contribution < 1.29 is 39.8 Å². The van der Waals surface area contributed by atoms with Crippen LogP contribution >= 0.6 is 0 Å². The SMILES string of the molecule is CCCCCCCCCCCCCCCCCCCC/C=C/CC/C=C/C(O)C(COC1OC(CO)C(O)C(O)C1O)NC(=O)CCCCCCCCCCCCCCCCCCCCCCCCCCCCCCCC. The molecular weight excluding hydrogens is 959 g/mol. The summed E-state index contributed by atoms with van der Waals surface area (Å²) in [6, 6.07) is -0.820. The molecule has 1 aliphatic heterocycles. The zero-order chi connectivity index (χ0) is 55.8. The molecule has 456 valence electrons. The summed E-state index contributed by atoms with van der Waals surface area (Å²) >= 11 is 0. The van der Waals surface area contributed by atoms with E-state index in [9.17, 15) is 30.3 Å². The summed E-state index contributed by atoms with van der Waals surface area (Å²) in [6.07, 6.45) is 68.6. The van der Waals surface area contributed by atoms with E-state index in [1.807, 2.05) is 6.08 Å². The summed E-state index contributed by atoms with van der Waals surface area (Å²) in [5.74, 6) is -0.178. The lowest BCUT2D eigenvalue weighted by Gasteiger charge is -2.40. The van der Waals surface area contributed by atoms with E-state index in [1.165, 1.54) is 289 Å². The van der Waals surface area contributed by atoms with Crippen LogP contribution in [0.15, 0.2) is 24.3 Å². The van der Waals surface area contributed by atoms with Crippen molar-refractivity contribution in [2.24, 2.45) is 0 Å². The van der Waals surface area contributed by atoms with Gasteiger partial charge < -0.3 is 40.3 Å². The van der Waals surface area contributed by atoms with Crippen LogP contribution in [0.2, 0.25) is 0 Å². The molecule has 0 aliphatic carbocycles. The molecule has 1 rings (SSSR count). The smallest absolute Gasteiger partial charge is 0.220 e. The Bertz CT molecular complexity index is 1260. The summed E-state index contributed by atoms with van der Waals surface area (Å²) in [7, 11) is 0. The van der Waals surface area contributed by atoms with Gasteiger partial charge in [0.15, 0.2) is 6.29 Å². The first-order valence-electron chi connectivity index (χ1n) is 34.1. The van der Waals surface area contributed by atoms with Crippen molar-refractivity contribution in [1.82, 2.24) is 5.32 Å². The van der Waals surface area contributed by atoms with Crippen LogP contribution in [0.1, 0.15) is 348 Å². The highest BCUT2D eigenvalue weighted by Crippen LogP contribution is 2.23. The Morgan fingerprint density at radius 1 is 0.429 bits per heavy atom. The molecule has 1 aliphatic rings. The second-order valence-corrected chi connectivity index (χ2v) is 24.0. The number of ether oxygens (including phenoxy) is 2. The molecule has 1 heterocycles. The lowest BCUT2D eigenvalue weighted by atomic mass is 9.99. The van der Waals surface area contributed by atoms with E-state index in [4.69, 9.17) is 9.47 Å². The molecule has 6 N–H and O–H groups in total. The Morgan fingerprint density at radius 3 is 1.09 bits per heavy atom. The topological polar surface area (TPSA) is 149 Å². The van der Waals surface area contributed by atoms with Gasteiger partial charge in [0.1, 0.15) is 24.4 Å². The molecular formula is C68H131NO8. The second kappa shape index (κ2) is 57.9. The molecule has 0 aromatic heterocycles. The van der Waals surface area contributed by atoms with Gasteiger partial charge in [-0.25, -0.2) is 0 Å². The Balaban J connectivity index is 2.14. The average Bonchev–Trinajstić information content (AvgIpc) is 3.43. The van der Waals surface area contributed by atoms with Crippen LogP contribution < -0.4 is 5.32 Å². The van der Waals surface area contributed by atoms with Gasteiger partial charge in [0.25, 0.3) is 0 Å². The van der Waals surface area contributed by atoms with E-state index in [-0.39, 0.29) is 12.5 Å². The van der Waals surface area contributed by atoms with Gasteiger partial charge >= 0.3 is 0 Å². The molecule has 77 heavy (non-hydrogen) atoms. The summed E-state index contributed by atoms with van der Waals surface area (Å²) in [4.78, 5) is 13.1. The molecule has 0 bridgehead atoms. The largest absolute Gasteiger partial charge is 0.394 e. The molecule has 9 nitrogen and oxygen atoms in total. The highest BCUT2D eigenvalue weighted by molar-refractivity contribution is 5.76. The minimum atomic E-state index is -1.57. The van der Waals surface area contributed by atoms with Crippen LogP contribution in [0, 0.1) is 0 Å². The predicted octanol–water partition coefficient (Wildman–Crippen LogP) is 18.1. The van der Waals surface area contributed by atoms with E-state index in [0.717, 1.165) is 38.5 Å². The number of hydrogen-bond acceptors (Lipinski definition) is 8. The molecule has 9 heteroatoms. The molecule has 7 atom stereocenters. The van der Waals surface area contributed by atoms with E-state index in [1.54, 1.807) is 6.08 Å². The van der Waals surface area contributed by atoms with Crippen LogP contribution in [0.3, 0.4) is 0 Å². The maximum absolute atomic E-state index is 13.1. The van der Waals surface area contributed by atoms with Crippen molar-refractivity contribution in [2.75, 3.05) is 13.2 Å². The van der Waals surface area contributed by atoms with Gasteiger partial charge in [-0.15, -0.1) is 0 Å². The number of carbonyl (C=O) groups excluding carboxylic acids is 1. The van der Waals surface area contributed by atoms with Crippen LogP contribution in [-0.4, -0.2) is 87.5 Å². The van der Waals surface area contributed by atoms with E-state index >= 15 is 0 Å². The summed E-state index contributed by atoms with van der Waals surface area (Å²) in [5.41, 5.74) is 0. The number of aliphatic hydroxyl groups is 5. The molecule has 1 amide bonds. The monoisotopic (exact) mass is 1090 g/mol. The van der Waals surface area contributed by atoms with Crippen molar-refractivity contribution >= 4 is 5.91 Å². The fourth-order valence-electron chi connectivity index (χ4n) is 11.2. The fourth-order valence-corrected chi connectivity index (χ4v) is 11.2. The van der Waals surface area contributed by atoms with Crippen molar-refractivity contribution in [2.45, 2.75) is 391 Å². The van der Waals surface area contributed by atoms with E-state index < -0.39 is 49.5 Å². The van der Waals surface area contributed by atoms with E-state index in [2.05, 4.69) is 31.3 Å². The number of aliphatic hydroxyl groups excluding tert-OH is 5. The summed E-state index contributed by atoms with van der Waals surface area (Å²) in [6.45, 7) is 3.82. The predicted molar refractivity (Wildman–Crippen MR) is 327 cm³/mol.